The van der Waals surface area contributed by atoms with Crippen molar-refractivity contribution in [2.24, 2.45) is 0 Å². The van der Waals surface area contributed by atoms with E-state index in [1.54, 1.807) is 30.0 Å². The summed E-state index contributed by atoms with van der Waals surface area (Å²) in [7, 11) is -3.11. The summed E-state index contributed by atoms with van der Waals surface area (Å²) < 4.78 is 29.7. The monoisotopic (exact) mass is 535 g/mol. The maximum absolute atomic E-state index is 13.4. The third-order valence-corrected chi connectivity index (χ3v) is 8.82. The van der Waals surface area contributed by atoms with Crippen molar-refractivity contribution in [2.75, 3.05) is 50.4 Å². The van der Waals surface area contributed by atoms with Crippen LogP contribution in [0.15, 0.2) is 27.5 Å². The minimum absolute atomic E-state index is 0.107. The van der Waals surface area contributed by atoms with Crippen LogP contribution in [0.4, 0.5) is 5.69 Å². The number of nitrogens with zero attached hydrogens (tertiary/aromatic N) is 5. The molecule has 2 fully saturated rings. The standard InChI is InChI=1S/C24H33N5O5S2/c1-17-20-16-18(8-9-19(20)21(30)34-25-17)29-22(31)24(2,3)28(23(29)35)11-7-5-6-10-26-12-14-27(15-13-26)36(4,32)33/h8-9,16H,5-7,10-15H2,1-4H3. The summed E-state index contributed by atoms with van der Waals surface area (Å²) in [5, 5.41) is 5.30. The summed E-state index contributed by atoms with van der Waals surface area (Å²) >= 11 is 5.75. The number of anilines is 1. The van der Waals surface area contributed by atoms with Gasteiger partial charge in [-0.15, -0.1) is 0 Å². The number of sulfonamides is 1. The largest absolute Gasteiger partial charge is 0.366 e. The van der Waals surface area contributed by atoms with Gasteiger partial charge in [0.25, 0.3) is 5.91 Å². The van der Waals surface area contributed by atoms with E-state index in [-0.39, 0.29) is 5.91 Å². The first-order valence-electron chi connectivity index (χ1n) is 12.2. The first-order chi connectivity index (χ1) is 16.9. The van der Waals surface area contributed by atoms with Gasteiger partial charge < -0.3 is 14.3 Å². The number of thiocarbonyl (C=S) groups is 1. The van der Waals surface area contributed by atoms with Crippen molar-refractivity contribution in [1.29, 1.82) is 0 Å². The molecule has 10 nitrogen and oxygen atoms in total. The molecule has 3 heterocycles. The molecule has 2 aliphatic rings. The average molecular weight is 536 g/mol. The number of amides is 1. The lowest BCUT2D eigenvalue weighted by Crippen LogP contribution is -2.48. The van der Waals surface area contributed by atoms with E-state index in [1.807, 2.05) is 18.7 Å². The quantitative estimate of drug-likeness (QED) is 0.370. The number of hydrogen-bond acceptors (Lipinski definition) is 8. The number of piperazine rings is 1. The highest BCUT2D eigenvalue weighted by Gasteiger charge is 2.49. The summed E-state index contributed by atoms with van der Waals surface area (Å²) in [4.78, 5) is 31.2. The second-order valence-electron chi connectivity index (χ2n) is 9.98. The minimum Gasteiger partial charge on any atom is -0.334 e. The fourth-order valence-corrected chi connectivity index (χ4v) is 6.20. The molecule has 2 aliphatic heterocycles. The van der Waals surface area contributed by atoms with E-state index in [0.29, 0.717) is 46.9 Å². The third-order valence-electron chi connectivity index (χ3n) is 7.12. The molecule has 196 valence electrons. The van der Waals surface area contributed by atoms with E-state index in [2.05, 4.69) is 10.1 Å². The number of benzene rings is 1. The molecular weight excluding hydrogens is 502 g/mol. The van der Waals surface area contributed by atoms with Gasteiger partial charge in [-0.05, 0) is 70.6 Å². The molecule has 1 aromatic carbocycles. The van der Waals surface area contributed by atoms with Crippen molar-refractivity contribution in [3.05, 3.63) is 34.3 Å². The molecule has 0 aliphatic carbocycles. The zero-order valence-electron chi connectivity index (χ0n) is 21.2. The van der Waals surface area contributed by atoms with Crippen molar-refractivity contribution in [3.63, 3.8) is 0 Å². The van der Waals surface area contributed by atoms with Crippen LogP contribution in [0, 0.1) is 6.92 Å². The lowest BCUT2D eigenvalue weighted by atomic mass is 10.0. The number of carbonyl (C=O) groups excluding carboxylic acids is 1. The normalized spacial score (nSPS) is 19.6. The summed E-state index contributed by atoms with van der Waals surface area (Å²) in [6, 6.07) is 5.13. The van der Waals surface area contributed by atoms with Gasteiger partial charge in [0, 0.05) is 38.1 Å². The van der Waals surface area contributed by atoms with Gasteiger partial charge in [-0.25, -0.2) is 13.2 Å². The van der Waals surface area contributed by atoms with Crippen LogP contribution < -0.4 is 10.5 Å². The number of fused-ring (bicyclic) bond motifs is 1. The Labute approximate surface area is 216 Å². The van der Waals surface area contributed by atoms with Crippen molar-refractivity contribution in [3.8, 4) is 0 Å². The van der Waals surface area contributed by atoms with Crippen LogP contribution >= 0.6 is 12.2 Å². The smallest absolute Gasteiger partial charge is 0.334 e. The molecule has 1 aromatic heterocycles. The molecule has 4 rings (SSSR count). The van der Waals surface area contributed by atoms with Crippen molar-refractivity contribution >= 4 is 49.7 Å². The first-order valence-corrected chi connectivity index (χ1v) is 14.4. The van der Waals surface area contributed by atoms with Gasteiger partial charge in [-0.1, -0.05) is 11.6 Å². The number of hydrogen-bond donors (Lipinski definition) is 0. The summed E-state index contributed by atoms with van der Waals surface area (Å²) in [6.45, 7) is 9.69. The van der Waals surface area contributed by atoms with Gasteiger partial charge in [0.2, 0.25) is 10.0 Å². The topological polar surface area (TPSA) is 107 Å². The number of carbonyl (C=O) groups is 1. The van der Waals surface area contributed by atoms with E-state index in [0.717, 1.165) is 38.9 Å². The van der Waals surface area contributed by atoms with Crippen LogP contribution in [0.3, 0.4) is 0 Å². The summed E-state index contributed by atoms with van der Waals surface area (Å²) in [5.41, 5.74) is -0.122. The summed E-state index contributed by atoms with van der Waals surface area (Å²) in [6.07, 6.45) is 4.12. The van der Waals surface area contributed by atoms with Gasteiger partial charge in [-0.2, -0.15) is 4.31 Å². The molecule has 36 heavy (non-hydrogen) atoms. The third kappa shape index (κ3) is 5.17. The highest BCUT2D eigenvalue weighted by molar-refractivity contribution is 7.88. The second kappa shape index (κ2) is 10.2. The van der Waals surface area contributed by atoms with Gasteiger partial charge >= 0.3 is 5.63 Å². The number of unbranched alkanes of at least 4 members (excludes halogenated alkanes) is 2. The zero-order valence-corrected chi connectivity index (χ0v) is 22.8. The molecule has 0 saturated carbocycles. The van der Waals surface area contributed by atoms with E-state index < -0.39 is 21.2 Å². The van der Waals surface area contributed by atoms with Crippen molar-refractivity contribution in [2.45, 2.75) is 45.6 Å². The predicted molar refractivity (Wildman–Crippen MR) is 143 cm³/mol. The fraction of sp³-hybridized carbons (Fsp3) is 0.583. The SMILES string of the molecule is Cc1noc(=O)c2ccc(N3C(=O)C(C)(C)N(CCCCCN4CCN(S(C)(=O)=O)CC4)C3=S)cc12. The van der Waals surface area contributed by atoms with E-state index in [9.17, 15) is 18.0 Å². The Morgan fingerprint density at radius 1 is 1.03 bits per heavy atom. The highest BCUT2D eigenvalue weighted by Crippen LogP contribution is 2.34. The van der Waals surface area contributed by atoms with E-state index in [1.165, 1.54) is 10.6 Å². The molecule has 0 atom stereocenters. The Hall–Kier alpha value is -2.41. The maximum Gasteiger partial charge on any atom is 0.366 e. The molecule has 0 radical (unpaired) electrons. The molecule has 0 unspecified atom stereocenters. The first kappa shape index (κ1) is 26.6. The van der Waals surface area contributed by atoms with Crippen LogP contribution in [0.5, 0.6) is 0 Å². The highest BCUT2D eigenvalue weighted by atomic mass is 32.2. The van der Waals surface area contributed by atoms with Gasteiger partial charge in [0.05, 0.1) is 23.0 Å². The molecule has 0 N–H and O–H groups in total. The lowest BCUT2D eigenvalue weighted by Gasteiger charge is -2.33. The zero-order chi connectivity index (χ0) is 26.3. The van der Waals surface area contributed by atoms with Crippen LogP contribution in [0.2, 0.25) is 0 Å². The molecule has 1 amide bonds. The van der Waals surface area contributed by atoms with Gasteiger partial charge in [0.1, 0.15) is 5.54 Å². The minimum atomic E-state index is -3.11. The Morgan fingerprint density at radius 3 is 2.36 bits per heavy atom. The molecular formula is C24H33N5O5S2. The molecule has 2 saturated heterocycles. The van der Waals surface area contributed by atoms with Crippen molar-refractivity contribution < 1.29 is 17.7 Å². The second-order valence-corrected chi connectivity index (χ2v) is 12.3. The van der Waals surface area contributed by atoms with E-state index >= 15 is 0 Å². The summed E-state index contributed by atoms with van der Waals surface area (Å²) in [5.74, 6) is -0.107. The Kier molecular flexibility index (Phi) is 7.52. The predicted octanol–water partition coefficient (Wildman–Crippen LogP) is 1.96. The van der Waals surface area contributed by atoms with Crippen LogP contribution in [0.1, 0.15) is 38.8 Å². The van der Waals surface area contributed by atoms with Crippen LogP contribution in [-0.2, 0) is 14.8 Å². The lowest BCUT2D eigenvalue weighted by molar-refractivity contribution is -0.123. The van der Waals surface area contributed by atoms with Gasteiger partial charge in [0.15, 0.2) is 5.11 Å². The van der Waals surface area contributed by atoms with Gasteiger partial charge in [-0.3, -0.25) is 9.69 Å². The number of aromatic nitrogens is 1. The number of rotatable bonds is 8. The fourth-order valence-electron chi connectivity index (χ4n) is 4.86. The Morgan fingerprint density at radius 2 is 1.69 bits per heavy atom. The van der Waals surface area contributed by atoms with Crippen LogP contribution in [0.25, 0.3) is 10.8 Å². The van der Waals surface area contributed by atoms with E-state index in [4.69, 9.17) is 16.7 Å². The Bertz CT molecular complexity index is 1330. The molecule has 12 heteroatoms. The van der Waals surface area contributed by atoms with Crippen molar-refractivity contribution in [1.82, 2.24) is 19.3 Å². The maximum atomic E-state index is 13.4. The average Bonchev–Trinajstić information content (AvgIpc) is 2.99. The molecule has 0 spiro atoms. The van der Waals surface area contributed by atoms with Crippen LogP contribution in [-0.4, -0.2) is 89.8 Å². The molecule has 2 aromatic rings. The molecule has 0 bridgehead atoms. The Balaban J connectivity index is 1.35. The number of aryl methyl sites for hydroxylation is 1.